The van der Waals surface area contributed by atoms with Gasteiger partial charge in [-0.1, -0.05) is 12.2 Å². The topological polar surface area (TPSA) is 18.5 Å². The smallest absolute Gasteiger partial charge is 0.101 e. The molecular weight excluding hydrogens is 176 g/mol. The van der Waals surface area contributed by atoms with E-state index in [-0.39, 0.29) is 12.2 Å². The number of allylic oxidation sites excluding steroid dienone is 1. The molecule has 0 aromatic rings. The lowest BCUT2D eigenvalue weighted by atomic mass is 10.1. The lowest BCUT2D eigenvalue weighted by Crippen LogP contribution is -2.34. The van der Waals surface area contributed by atoms with Gasteiger partial charge in [-0.3, -0.25) is 0 Å². The summed E-state index contributed by atoms with van der Waals surface area (Å²) in [6.07, 6.45) is 8.32. The molecule has 1 aliphatic heterocycles. The number of hydrogen-bond donors (Lipinski definition) is 0. The van der Waals surface area contributed by atoms with Gasteiger partial charge < -0.3 is 9.47 Å². The van der Waals surface area contributed by atoms with E-state index < -0.39 is 0 Å². The molecule has 1 rings (SSSR count). The molecule has 0 amide bonds. The molecule has 1 heterocycles. The maximum atomic E-state index is 5.74. The van der Waals surface area contributed by atoms with Gasteiger partial charge in [0.25, 0.3) is 0 Å². The summed E-state index contributed by atoms with van der Waals surface area (Å²) in [5.74, 6) is 0. The normalized spacial score (nSPS) is 27.1. The Balaban J connectivity index is 2.19. The third-order valence-corrected chi connectivity index (χ3v) is 2.43. The molecule has 1 aliphatic rings. The van der Waals surface area contributed by atoms with E-state index in [1.54, 1.807) is 0 Å². The minimum absolute atomic E-state index is 0.0903. The largest absolute Gasteiger partial charge is 0.375 e. The summed E-state index contributed by atoms with van der Waals surface area (Å²) in [6.45, 7) is 9.07. The van der Waals surface area contributed by atoms with Gasteiger partial charge in [0.1, 0.15) is 6.10 Å². The summed E-state index contributed by atoms with van der Waals surface area (Å²) < 4.78 is 11.3. The van der Waals surface area contributed by atoms with Crippen LogP contribution in [0.1, 0.15) is 25.7 Å². The second-order valence-corrected chi connectivity index (χ2v) is 3.55. The van der Waals surface area contributed by atoms with Crippen LogP contribution in [0.4, 0.5) is 0 Å². The average molecular weight is 196 g/mol. The zero-order chi connectivity index (χ0) is 10.2. The van der Waals surface area contributed by atoms with Crippen molar-refractivity contribution in [2.75, 3.05) is 13.2 Å². The maximum absolute atomic E-state index is 5.74. The van der Waals surface area contributed by atoms with Crippen molar-refractivity contribution in [1.82, 2.24) is 0 Å². The molecule has 2 atom stereocenters. The minimum Gasteiger partial charge on any atom is -0.375 e. The van der Waals surface area contributed by atoms with Crippen LogP contribution in [-0.4, -0.2) is 25.4 Å². The van der Waals surface area contributed by atoms with E-state index in [9.17, 15) is 0 Å². The van der Waals surface area contributed by atoms with Crippen molar-refractivity contribution in [2.45, 2.75) is 37.9 Å². The Hall–Kier alpha value is -0.600. The first-order valence-corrected chi connectivity index (χ1v) is 5.35. The Morgan fingerprint density at radius 2 is 2.29 bits per heavy atom. The Bertz CT molecular complexity index is 177. The number of hydrogen-bond acceptors (Lipinski definition) is 2. The van der Waals surface area contributed by atoms with Crippen LogP contribution in [0.25, 0.3) is 0 Å². The van der Waals surface area contributed by atoms with Gasteiger partial charge in [0.15, 0.2) is 0 Å². The van der Waals surface area contributed by atoms with Crippen LogP contribution in [0.5, 0.6) is 0 Å². The van der Waals surface area contributed by atoms with Crippen LogP contribution in [0, 0.1) is 0 Å². The van der Waals surface area contributed by atoms with Gasteiger partial charge in [-0.05, 0) is 25.7 Å². The predicted molar refractivity (Wildman–Crippen MR) is 58.3 cm³/mol. The van der Waals surface area contributed by atoms with Crippen molar-refractivity contribution >= 4 is 0 Å². The van der Waals surface area contributed by atoms with E-state index >= 15 is 0 Å². The lowest BCUT2D eigenvalue weighted by molar-refractivity contribution is -0.0846. The van der Waals surface area contributed by atoms with E-state index in [0.717, 1.165) is 38.9 Å². The van der Waals surface area contributed by atoms with Crippen LogP contribution in [0.3, 0.4) is 0 Å². The summed E-state index contributed by atoms with van der Waals surface area (Å²) in [5, 5.41) is 0. The molecular formula is C12H20O2. The Morgan fingerprint density at radius 1 is 1.43 bits per heavy atom. The standard InChI is InChI=1S/C12H20O2/c1-3-5-6-9-14-12-8-7-10-13-11(12)4-2/h3-4,11-12H,1-2,5-10H2/t11-,12+/m1/s1. The van der Waals surface area contributed by atoms with E-state index in [4.69, 9.17) is 9.47 Å². The highest BCUT2D eigenvalue weighted by Crippen LogP contribution is 2.18. The minimum atomic E-state index is 0.0903. The summed E-state index contributed by atoms with van der Waals surface area (Å²) in [7, 11) is 0. The van der Waals surface area contributed by atoms with Gasteiger partial charge in [0.2, 0.25) is 0 Å². The van der Waals surface area contributed by atoms with E-state index in [1.807, 2.05) is 12.2 Å². The van der Waals surface area contributed by atoms with Crippen LogP contribution < -0.4 is 0 Å². The zero-order valence-corrected chi connectivity index (χ0v) is 8.78. The molecule has 0 unspecified atom stereocenters. The molecule has 0 saturated carbocycles. The highest BCUT2D eigenvalue weighted by molar-refractivity contribution is 4.89. The van der Waals surface area contributed by atoms with Gasteiger partial charge in [-0.25, -0.2) is 0 Å². The molecule has 0 aromatic heterocycles. The summed E-state index contributed by atoms with van der Waals surface area (Å²) in [5.41, 5.74) is 0. The number of unbranched alkanes of at least 4 members (excludes halogenated alkanes) is 1. The van der Waals surface area contributed by atoms with Gasteiger partial charge in [-0.15, -0.1) is 13.2 Å². The number of ether oxygens (including phenoxy) is 2. The molecule has 14 heavy (non-hydrogen) atoms. The maximum Gasteiger partial charge on any atom is 0.101 e. The van der Waals surface area contributed by atoms with Gasteiger partial charge in [0, 0.05) is 13.2 Å². The zero-order valence-electron chi connectivity index (χ0n) is 8.78. The van der Waals surface area contributed by atoms with Crippen LogP contribution in [0.2, 0.25) is 0 Å². The summed E-state index contributed by atoms with van der Waals surface area (Å²) in [4.78, 5) is 0. The molecule has 2 nitrogen and oxygen atoms in total. The van der Waals surface area contributed by atoms with Gasteiger partial charge in [0.05, 0.1) is 6.10 Å². The third-order valence-electron chi connectivity index (χ3n) is 2.43. The highest BCUT2D eigenvalue weighted by atomic mass is 16.5. The van der Waals surface area contributed by atoms with Gasteiger partial charge in [-0.2, -0.15) is 0 Å². The summed E-state index contributed by atoms with van der Waals surface area (Å²) >= 11 is 0. The second kappa shape index (κ2) is 6.80. The molecule has 0 bridgehead atoms. The molecule has 1 saturated heterocycles. The van der Waals surface area contributed by atoms with E-state index in [2.05, 4.69) is 13.2 Å². The first kappa shape index (κ1) is 11.5. The van der Waals surface area contributed by atoms with Crippen molar-refractivity contribution in [3.8, 4) is 0 Å². The molecule has 0 N–H and O–H groups in total. The van der Waals surface area contributed by atoms with Crippen LogP contribution in [0.15, 0.2) is 25.3 Å². The molecule has 0 spiro atoms. The average Bonchev–Trinajstić information content (AvgIpc) is 2.25. The molecule has 0 aliphatic carbocycles. The molecule has 2 heteroatoms. The molecule has 0 aromatic carbocycles. The van der Waals surface area contributed by atoms with Crippen LogP contribution >= 0.6 is 0 Å². The first-order chi connectivity index (χ1) is 6.88. The van der Waals surface area contributed by atoms with E-state index in [0.29, 0.717) is 0 Å². The van der Waals surface area contributed by atoms with Gasteiger partial charge >= 0.3 is 0 Å². The fraction of sp³-hybridized carbons (Fsp3) is 0.667. The molecule has 80 valence electrons. The second-order valence-electron chi connectivity index (χ2n) is 3.55. The molecule has 0 radical (unpaired) electrons. The lowest BCUT2D eigenvalue weighted by Gasteiger charge is -2.29. The fourth-order valence-corrected chi connectivity index (χ4v) is 1.64. The van der Waals surface area contributed by atoms with Crippen molar-refractivity contribution in [1.29, 1.82) is 0 Å². The Morgan fingerprint density at radius 3 is 3.00 bits per heavy atom. The molecule has 1 fully saturated rings. The van der Waals surface area contributed by atoms with Crippen molar-refractivity contribution in [3.63, 3.8) is 0 Å². The van der Waals surface area contributed by atoms with E-state index in [1.165, 1.54) is 0 Å². The van der Waals surface area contributed by atoms with Crippen LogP contribution in [-0.2, 0) is 9.47 Å². The fourth-order valence-electron chi connectivity index (χ4n) is 1.64. The van der Waals surface area contributed by atoms with Crippen molar-refractivity contribution < 1.29 is 9.47 Å². The SMILES string of the molecule is C=CCCCO[C@H]1CCCO[C@@H]1C=C. The number of rotatable bonds is 6. The quantitative estimate of drug-likeness (QED) is 0.480. The highest BCUT2D eigenvalue weighted by Gasteiger charge is 2.23. The predicted octanol–water partition coefficient (Wildman–Crippen LogP) is 2.70. The van der Waals surface area contributed by atoms with Crippen molar-refractivity contribution in [3.05, 3.63) is 25.3 Å². The Labute approximate surface area is 86.6 Å². The monoisotopic (exact) mass is 196 g/mol. The third kappa shape index (κ3) is 3.64. The first-order valence-electron chi connectivity index (χ1n) is 5.35. The Kier molecular flexibility index (Phi) is 5.57. The summed E-state index contributed by atoms with van der Waals surface area (Å²) in [6, 6.07) is 0. The van der Waals surface area contributed by atoms with Crippen molar-refractivity contribution in [2.24, 2.45) is 0 Å².